The van der Waals surface area contributed by atoms with Gasteiger partial charge in [0.15, 0.2) is 11.6 Å². The molecule has 1 aromatic heterocycles. The van der Waals surface area contributed by atoms with Gasteiger partial charge in [-0.3, -0.25) is 9.48 Å². The summed E-state index contributed by atoms with van der Waals surface area (Å²) < 4.78 is 37.5. The lowest BCUT2D eigenvalue weighted by Crippen LogP contribution is -2.44. The van der Waals surface area contributed by atoms with Gasteiger partial charge in [0.25, 0.3) is 5.91 Å². The number of halogens is 3. The van der Waals surface area contributed by atoms with Gasteiger partial charge in [-0.15, -0.1) is 0 Å². The number of carbonyl (C=O) groups excluding carboxylic acids is 1. The van der Waals surface area contributed by atoms with Gasteiger partial charge in [-0.2, -0.15) is 5.10 Å². The van der Waals surface area contributed by atoms with Crippen molar-refractivity contribution in [1.82, 2.24) is 20.0 Å². The number of carboxylic acids is 1. The Morgan fingerprint density at radius 3 is 2.63 bits per heavy atom. The van der Waals surface area contributed by atoms with Crippen molar-refractivity contribution in [2.24, 2.45) is 0 Å². The van der Waals surface area contributed by atoms with E-state index in [4.69, 9.17) is 16.3 Å². The molecule has 2 aliphatic rings. The monoisotopic (exact) mass is 502 g/mol. The van der Waals surface area contributed by atoms with Gasteiger partial charge in [-0.1, -0.05) is 11.6 Å². The highest BCUT2D eigenvalue weighted by Crippen LogP contribution is 2.38. The molecule has 0 spiro atoms. The van der Waals surface area contributed by atoms with Gasteiger partial charge in [-0.05, 0) is 43.2 Å². The molecule has 11 heteroatoms. The van der Waals surface area contributed by atoms with Crippen LogP contribution in [0.3, 0.4) is 0 Å². The number of aromatic nitrogens is 2. The van der Waals surface area contributed by atoms with Crippen LogP contribution in [-0.2, 0) is 4.79 Å². The number of ether oxygens (including phenoxy) is 1. The molecule has 35 heavy (non-hydrogen) atoms. The quantitative estimate of drug-likeness (QED) is 0.526. The van der Waals surface area contributed by atoms with Gasteiger partial charge in [0.2, 0.25) is 0 Å². The van der Waals surface area contributed by atoms with E-state index in [1.807, 2.05) is 4.68 Å². The van der Waals surface area contributed by atoms with Crippen LogP contribution in [0, 0.1) is 11.6 Å². The van der Waals surface area contributed by atoms with Gasteiger partial charge in [0.05, 0.1) is 17.3 Å². The van der Waals surface area contributed by atoms with Gasteiger partial charge in [0, 0.05) is 42.5 Å². The first-order valence-electron chi connectivity index (χ1n) is 11.1. The maximum absolute atomic E-state index is 15.0. The molecule has 0 bridgehead atoms. The summed E-state index contributed by atoms with van der Waals surface area (Å²) in [5.74, 6) is -4.21. The molecule has 2 fully saturated rings. The molecule has 2 saturated heterocycles. The summed E-state index contributed by atoms with van der Waals surface area (Å²) in [7, 11) is 0. The Morgan fingerprint density at radius 2 is 1.91 bits per heavy atom. The number of carboxylic acid groups (broad SMARTS) is 1. The SMILES string of the molecule is O=C(O)[C@@H]1CCCN1C(=O)c1cc(F)c(Oc2ccc(Cl)cc2-c2ccnn2C2CNC2)cc1F. The third-order valence-corrected chi connectivity index (χ3v) is 6.50. The first kappa shape index (κ1) is 23.3. The van der Waals surface area contributed by atoms with Crippen LogP contribution in [0.25, 0.3) is 11.3 Å². The summed E-state index contributed by atoms with van der Waals surface area (Å²) in [6.45, 7) is 1.66. The number of hydrogen-bond acceptors (Lipinski definition) is 5. The Hall–Kier alpha value is -3.50. The molecule has 1 amide bonds. The number of nitrogens with zero attached hydrogens (tertiary/aromatic N) is 3. The second-order valence-corrected chi connectivity index (χ2v) is 8.91. The molecule has 1 atom stereocenters. The maximum Gasteiger partial charge on any atom is 0.326 e. The Morgan fingerprint density at radius 1 is 1.11 bits per heavy atom. The largest absolute Gasteiger partial charge is 0.480 e. The van der Waals surface area contributed by atoms with E-state index in [9.17, 15) is 19.1 Å². The zero-order valence-electron chi connectivity index (χ0n) is 18.4. The lowest BCUT2D eigenvalue weighted by atomic mass is 10.1. The van der Waals surface area contributed by atoms with E-state index in [1.54, 1.807) is 30.5 Å². The lowest BCUT2D eigenvalue weighted by molar-refractivity contribution is -0.141. The molecule has 2 aliphatic heterocycles. The number of rotatable bonds is 6. The number of nitrogens with one attached hydrogen (secondary N) is 1. The molecule has 3 aromatic rings. The minimum atomic E-state index is -1.18. The van der Waals surface area contributed by atoms with E-state index >= 15 is 4.39 Å². The summed E-state index contributed by atoms with van der Waals surface area (Å²) in [6.07, 6.45) is 2.38. The van der Waals surface area contributed by atoms with Gasteiger partial charge >= 0.3 is 5.97 Å². The van der Waals surface area contributed by atoms with Gasteiger partial charge in [0.1, 0.15) is 17.6 Å². The zero-order chi connectivity index (χ0) is 24.7. The van der Waals surface area contributed by atoms with E-state index in [1.165, 1.54) is 0 Å². The standard InChI is InChI=1S/C24H21ClF2N4O4/c25-13-3-4-21(16(8-13)19-5-6-29-31(19)14-11-28-12-14)35-22-10-17(26)15(9-18(22)27)23(32)30-7-1-2-20(30)24(33)34/h3-6,8-10,14,20,28H,1-2,7,11-12H2,(H,33,34)/t20-/m0/s1. The average molecular weight is 503 g/mol. The smallest absolute Gasteiger partial charge is 0.326 e. The molecular weight excluding hydrogens is 482 g/mol. The average Bonchev–Trinajstić information content (AvgIpc) is 3.46. The van der Waals surface area contributed by atoms with Crippen molar-refractivity contribution in [3.05, 3.63) is 64.8 Å². The molecule has 182 valence electrons. The second-order valence-electron chi connectivity index (χ2n) is 8.47. The Kier molecular flexibility index (Phi) is 6.16. The van der Waals surface area contributed by atoms with Crippen LogP contribution < -0.4 is 10.1 Å². The molecule has 8 nitrogen and oxygen atoms in total. The fraction of sp³-hybridized carbons (Fsp3) is 0.292. The summed E-state index contributed by atoms with van der Waals surface area (Å²) >= 11 is 6.21. The predicted octanol–water partition coefficient (Wildman–Crippen LogP) is 4.11. The van der Waals surface area contributed by atoms with Crippen molar-refractivity contribution in [2.45, 2.75) is 24.9 Å². The van der Waals surface area contributed by atoms with Crippen LogP contribution in [0.4, 0.5) is 8.78 Å². The van der Waals surface area contributed by atoms with Gasteiger partial charge in [-0.25, -0.2) is 13.6 Å². The summed E-state index contributed by atoms with van der Waals surface area (Å²) in [5.41, 5.74) is 0.702. The van der Waals surface area contributed by atoms with Crippen molar-refractivity contribution in [3.8, 4) is 22.8 Å². The minimum absolute atomic E-state index is 0.145. The molecule has 0 saturated carbocycles. The van der Waals surface area contributed by atoms with Crippen molar-refractivity contribution < 1.29 is 28.2 Å². The number of carbonyl (C=O) groups is 2. The van der Waals surface area contributed by atoms with Crippen LogP contribution in [0.15, 0.2) is 42.6 Å². The van der Waals surface area contributed by atoms with E-state index in [0.717, 1.165) is 30.1 Å². The van der Waals surface area contributed by atoms with E-state index in [0.29, 0.717) is 22.7 Å². The number of benzene rings is 2. The van der Waals surface area contributed by atoms with Crippen LogP contribution in [-0.4, -0.2) is 57.3 Å². The third kappa shape index (κ3) is 4.35. The number of hydrogen-bond donors (Lipinski definition) is 2. The second kappa shape index (κ2) is 9.27. The summed E-state index contributed by atoms with van der Waals surface area (Å²) in [6, 6.07) is 7.17. The van der Waals surface area contributed by atoms with Crippen molar-refractivity contribution in [3.63, 3.8) is 0 Å². The Balaban J connectivity index is 1.46. The lowest BCUT2D eigenvalue weighted by Gasteiger charge is -2.29. The van der Waals surface area contributed by atoms with Crippen LogP contribution >= 0.6 is 11.6 Å². The van der Waals surface area contributed by atoms with Gasteiger partial charge < -0.3 is 20.1 Å². The minimum Gasteiger partial charge on any atom is -0.480 e. The molecule has 0 aliphatic carbocycles. The Bertz CT molecular complexity index is 1310. The highest BCUT2D eigenvalue weighted by molar-refractivity contribution is 6.31. The topological polar surface area (TPSA) is 96.7 Å². The number of amides is 1. The fourth-order valence-electron chi connectivity index (χ4n) is 4.37. The van der Waals surface area contributed by atoms with Crippen molar-refractivity contribution >= 4 is 23.5 Å². The summed E-state index contributed by atoms with van der Waals surface area (Å²) in [4.78, 5) is 25.2. The number of likely N-dealkylation sites (tertiary alicyclic amines) is 1. The first-order valence-corrected chi connectivity index (χ1v) is 11.5. The highest BCUT2D eigenvalue weighted by Gasteiger charge is 2.36. The van der Waals surface area contributed by atoms with E-state index < -0.39 is 40.9 Å². The molecule has 3 heterocycles. The van der Waals surface area contributed by atoms with Crippen LogP contribution in [0.2, 0.25) is 5.02 Å². The first-order chi connectivity index (χ1) is 16.8. The molecule has 2 N–H and O–H groups in total. The highest BCUT2D eigenvalue weighted by atomic mass is 35.5. The maximum atomic E-state index is 15.0. The predicted molar refractivity (Wildman–Crippen MR) is 123 cm³/mol. The molecule has 5 rings (SSSR count). The summed E-state index contributed by atoms with van der Waals surface area (Å²) in [5, 5.41) is 17.3. The molecular formula is C24H21ClF2N4O4. The molecule has 0 radical (unpaired) electrons. The van der Waals surface area contributed by atoms with E-state index in [2.05, 4.69) is 10.4 Å². The third-order valence-electron chi connectivity index (χ3n) is 6.26. The van der Waals surface area contributed by atoms with Crippen molar-refractivity contribution in [2.75, 3.05) is 19.6 Å². The Labute approximate surface area is 204 Å². The molecule has 2 aromatic carbocycles. The van der Waals surface area contributed by atoms with E-state index in [-0.39, 0.29) is 24.8 Å². The van der Waals surface area contributed by atoms with Crippen LogP contribution in [0.5, 0.6) is 11.5 Å². The zero-order valence-corrected chi connectivity index (χ0v) is 19.1. The normalized spacial score (nSPS) is 17.9. The number of aliphatic carboxylic acids is 1. The fourth-order valence-corrected chi connectivity index (χ4v) is 4.54. The van der Waals surface area contributed by atoms with Crippen LogP contribution in [0.1, 0.15) is 29.2 Å². The molecule has 0 unspecified atom stereocenters. The van der Waals surface area contributed by atoms with Crippen molar-refractivity contribution in [1.29, 1.82) is 0 Å².